The van der Waals surface area contributed by atoms with Crippen LogP contribution in [0.5, 0.6) is 0 Å². The van der Waals surface area contributed by atoms with Crippen molar-refractivity contribution in [2.24, 2.45) is 4.99 Å². The molecule has 0 fully saturated rings. The lowest BCUT2D eigenvalue weighted by molar-refractivity contribution is 0.595. The number of amidine groups is 1. The number of allylic oxidation sites excluding steroid dienone is 4. The van der Waals surface area contributed by atoms with Crippen LogP contribution in [0.2, 0.25) is 0 Å². The third kappa shape index (κ3) is 4.50. The van der Waals surface area contributed by atoms with E-state index in [1.54, 1.807) is 5.57 Å². The number of fused-ring (bicyclic) bond motifs is 7. The Hall–Kier alpha value is -5.51. The molecule has 0 spiro atoms. The number of aliphatic imine (C=N–C) groups is 1. The van der Waals surface area contributed by atoms with Gasteiger partial charge in [0.15, 0.2) is 0 Å². The molecule has 10 rings (SSSR count). The molecular weight excluding hydrogens is 625 g/mol. The van der Waals surface area contributed by atoms with E-state index in [1.807, 2.05) is 11.3 Å². The average molecular weight is 661 g/mol. The first kappa shape index (κ1) is 29.4. The number of hydrogen-bond acceptors (Lipinski definition) is 3. The lowest BCUT2D eigenvalue weighted by Gasteiger charge is -2.30. The Morgan fingerprint density at radius 1 is 0.700 bits per heavy atom. The maximum atomic E-state index is 5.26. The van der Waals surface area contributed by atoms with Crippen LogP contribution in [0.3, 0.4) is 0 Å². The molecule has 0 radical (unpaired) electrons. The zero-order valence-corrected chi connectivity index (χ0v) is 29.0. The zero-order valence-electron chi connectivity index (χ0n) is 28.2. The molecule has 6 aromatic carbocycles. The first-order valence-electron chi connectivity index (χ1n) is 17.6. The molecule has 2 atom stereocenters. The molecule has 3 heteroatoms. The summed E-state index contributed by atoms with van der Waals surface area (Å²) in [6.07, 6.45) is 5.87. The zero-order chi connectivity index (χ0) is 33.4. The minimum absolute atomic E-state index is 0.0606. The Morgan fingerprint density at radius 3 is 2.20 bits per heavy atom. The summed E-state index contributed by atoms with van der Waals surface area (Å²) in [5, 5.41) is 7.73. The van der Waals surface area contributed by atoms with E-state index in [0.29, 0.717) is 5.92 Å². The van der Waals surface area contributed by atoms with Gasteiger partial charge in [-0.1, -0.05) is 159 Å². The first-order valence-corrected chi connectivity index (χ1v) is 18.4. The van der Waals surface area contributed by atoms with Gasteiger partial charge in [0, 0.05) is 27.0 Å². The molecule has 2 nitrogen and oxygen atoms in total. The summed E-state index contributed by atoms with van der Waals surface area (Å²) in [4.78, 5) is 6.54. The monoisotopic (exact) mass is 660 g/mol. The van der Waals surface area contributed by atoms with Crippen molar-refractivity contribution < 1.29 is 0 Å². The van der Waals surface area contributed by atoms with Gasteiger partial charge in [0.2, 0.25) is 0 Å². The van der Waals surface area contributed by atoms with Crippen molar-refractivity contribution in [1.82, 2.24) is 5.32 Å². The van der Waals surface area contributed by atoms with Gasteiger partial charge in [-0.2, -0.15) is 0 Å². The molecule has 7 aromatic rings. The molecule has 1 aliphatic heterocycles. The van der Waals surface area contributed by atoms with Gasteiger partial charge in [-0.15, -0.1) is 11.3 Å². The van der Waals surface area contributed by atoms with Crippen molar-refractivity contribution in [3.05, 3.63) is 190 Å². The number of nitrogens with zero attached hydrogens (tertiary/aromatic N) is 1. The standard InChI is InChI=1S/C47H36N2S/c1-47(2)39-28-33(25-26-36(39)41-38(30-13-5-3-6-14-30)27-34-17-9-10-18-35(34)42(41)47)29-21-23-32(24-22-29)46-48-43(31-15-7-4-8-16-31)45-44(49-46)37-19-11-12-20-40(37)50-45/h3-27,33,43H,28H2,1-2H3,(H,48,49). The number of rotatable bonds is 4. The molecule has 240 valence electrons. The summed E-state index contributed by atoms with van der Waals surface area (Å²) in [5.41, 5.74) is 13.2. The highest BCUT2D eigenvalue weighted by Gasteiger charge is 2.42. The van der Waals surface area contributed by atoms with Crippen molar-refractivity contribution in [1.29, 1.82) is 0 Å². The van der Waals surface area contributed by atoms with Gasteiger partial charge < -0.3 is 5.32 Å². The van der Waals surface area contributed by atoms with Gasteiger partial charge >= 0.3 is 0 Å². The third-order valence-electron chi connectivity index (χ3n) is 11.1. The minimum Gasteiger partial charge on any atom is -0.358 e. The molecule has 2 heterocycles. The van der Waals surface area contributed by atoms with Gasteiger partial charge in [0.1, 0.15) is 5.84 Å². The van der Waals surface area contributed by atoms with Crippen LogP contribution < -0.4 is 5.32 Å². The van der Waals surface area contributed by atoms with E-state index >= 15 is 0 Å². The number of benzene rings is 6. The number of hydrogen-bond donors (Lipinski definition) is 1. The van der Waals surface area contributed by atoms with E-state index in [0.717, 1.165) is 23.5 Å². The highest BCUT2D eigenvalue weighted by molar-refractivity contribution is 7.19. The molecule has 0 saturated carbocycles. The summed E-state index contributed by atoms with van der Waals surface area (Å²) >= 11 is 1.84. The Kier molecular flexibility index (Phi) is 6.63. The molecule has 3 aliphatic rings. The largest absolute Gasteiger partial charge is 0.358 e. The van der Waals surface area contributed by atoms with Crippen molar-refractivity contribution >= 4 is 49.3 Å². The van der Waals surface area contributed by atoms with Gasteiger partial charge in [0.05, 0.1) is 16.6 Å². The van der Waals surface area contributed by atoms with E-state index in [2.05, 4.69) is 171 Å². The van der Waals surface area contributed by atoms with Gasteiger partial charge in [-0.25, -0.2) is 4.99 Å². The van der Waals surface area contributed by atoms with Crippen LogP contribution in [0.15, 0.2) is 162 Å². The summed E-state index contributed by atoms with van der Waals surface area (Å²) < 4.78 is 1.28. The van der Waals surface area contributed by atoms with Crippen LogP contribution in [0.1, 0.15) is 64.9 Å². The van der Waals surface area contributed by atoms with Crippen LogP contribution >= 0.6 is 11.3 Å². The summed E-state index contributed by atoms with van der Waals surface area (Å²) in [5.74, 6) is 1.24. The fourth-order valence-corrected chi connectivity index (χ4v) is 9.89. The van der Waals surface area contributed by atoms with Crippen molar-refractivity contribution in [2.45, 2.75) is 37.6 Å². The molecule has 50 heavy (non-hydrogen) atoms. The number of thiophene rings is 1. The molecular formula is C47H36N2S. The van der Waals surface area contributed by atoms with E-state index < -0.39 is 0 Å². The first-order chi connectivity index (χ1) is 24.5. The maximum absolute atomic E-state index is 5.26. The maximum Gasteiger partial charge on any atom is 0.134 e. The fraction of sp³-hybridized carbons (Fsp3) is 0.128. The normalized spacial score (nSPS) is 18.8. The van der Waals surface area contributed by atoms with Crippen LogP contribution in [-0.2, 0) is 5.41 Å². The smallest absolute Gasteiger partial charge is 0.134 e. The number of nitrogens with one attached hydrogen (secondary N) is 1. The van der Waals surface area contributed by atoms with Crippen LogP contribution in [0.25, 0.3) is 37.6 Å². The molecule has 0 amide bonds. The second kappa shape index (κ2) is 11.3. The Balaban J connectivity index is 1.01. The van der Waals surface area contributed by atoms with E-state index in [-0.39, 0.29) is 11.5 Å². The average Bonchev–Trinajstić information content (AvgIpc) is 3.67. The highest BCUT2D eigenvalue weighted by atomic mass is 32.1. The van der Waals surface area contributed by atoms with E-state index in [9.17, 15) is 0 Å². The van der Waals surface area contributed by atoms with Crippen LogP contribution in [-0.4, -0.2) is 5.84 Å². The summed E-state index contributed by atoms with van der Waals surface area (Å²) in [6, 6.07) is 50.9. The van der Waals surface area contributed by atoms with Crippen molar-refractivity contribution in [3.8, 4) is 11.1 Å². The Labute approximate surface area is 297 Å². The third-order valence-corrected chi connectivity index (χ3v) is 12.4. The Bertz CT molecular complexity index is 2550. The molecule has 1 aromatic heterocycles. The minimum atomic E-state index is -0.0772. The van der Waals surface area contributed by atoms with Crippen molar-refractivity contribution in [3.63, 3.8) is 0 Å². The van der Waals surface area contributed by atoms with Crippen LogP contribution in [0.4, 0.5) is 5.69 Å². The summed E-state index contributed by atoms with van der Waals surface area (Å²) in [6.45, 7) is 4.88. The molecule has 0 bridgehead atoms. The van der Waals surface area contributed by atoms with E-state index in [4.69, 9.17) is 4.99 Å². The molecule has 0 saturated heterocycles. The second-order valence-corrected chi connectivity index (χ2v) is 15.4. The van der Waals surface area contributed by atoms with Gasteiger partial charge in [-0.05, 0) is 68.3 Å². The lowest BCUT2D eigenvalue weighted by Crippen LogP contribution is -2.32. The second-order valence-electron chi connectivity index (χ2n) is 14.3. The molecule has 2 aliphatic carbocycles. The summed E-state index contributed by atoms with van der Waals surface area (Å²) in [7, 11) is 0. The quantitative estimate of drug-likeness (QED) is 0.200. The Morgan fingerprint density at radius 2 is 1.40 bits per heavy atom. The van der Waals surface area contributed by atoms with Gasteiger partial charge in [-0.3, -0.25) is 0 Å². The SMILES string of the molecule is CC1(C)C2=C(C=CC(c3ccc(C4=Nc5c(sc6ccccc56)C(c5ccccc5)N4)cc3)C2)c2c(-c3ccccc3)cc3ccccc3c21. The predicted molar refractivity (Wildman–Crippen MR) is 212 cm³/mol. The van der Waals surface area contributed by atoms with Crippen molar-refractivity contribution in [2.75, 3.05) is 0 Å². The topological polar surface area (TPSA) is 24.4 Å². The van der Waals surface area contributed by atoms with Crippen LogP contribution in [0, 0.1) is 0 Å². The van der Waals surface area contributed by atoms with E-state index in [1.165, 1.54) is 64.7 Å². The molecule has 2 unspecified atom stereocenters. The van der Waals surface area contributed by atoms with Gasteiger partial charge in [0.25, 0.3) is 0 Å². The lowest BCUT2D eigenvalue weighted by atomic mass is 9.74. The fourth-order valence-electron chi connectivity index (χ4n) is 8.66. The predicted octanol–water partition coefficient (Wildman–Crippen LogP) is 12.3. The highest BCUT2D eigenvalue weighted by Crippen LogP contribution is 2.57. The molecule has 1 N–H and O–H groups in total.